The molecule has 0 amide bonds. The minimum atomic E-state index is -0.383. The van der Waals surface area contributed by atoms with Crippen LogP contribution in [0.4, 0.5) is 10.2 Å². The Labute approximate surface area is 189 Å². The number of aromatic amines is 1. The van der Waals surface area contributed by atoms with Gasteiger partial charge in [-0.1, -0.05) is 6.07 Å². The molecule has 2 aliphatic heterocycles. The molecule has 1 fully saturated rings. The highest BCUT2D eigenvalue weighted by molar-refractivity contribution is 5.95. The van der Waals surface area contributed by atoms with E-state index in [9.17, 15) is 4.39 Å². The number of hydrogen-bond donors (Lipinski definition) is 1. The molecule has 1 N–H and O–H groups in total. The predicted octanol–water partition coefficient (Wildman–Crippen LogP) is 3.82. The highest BCUT2D eigenvalue weighted by Crippen LogP contribution is 2.37. The van der Waals surface area contributed by atoms with Gasteiger partial charge in [0.05, 0.1) is 49.4 Å². The second-order valence-electron chi connectivity index (χ2n) is 8.00. The molecule has 2 aliphatic rings. The van der Waals surface area contributed by atoms with Crippen molar-refractivity contribution in [2.75, 3.05) is 44.4 Å². The van der Waals surface area contributed by atoms with E-state index >= 15 is 0 Å². The summed E-state index contributed by atoms with van der Waals surface area (Å²) in [4.78, 5) is 11.4. The topological polar surface area (TPSA) is 85.4 Å². The van der Waals surface area contributed by atoms with E-state index in [0.717, 1.165) is 35.4 Å². The number of halogens is 1. The number of nitrogens with one attached hydrogen (secondary N) is 1. The SMILES string of the molecule is Fc1cccc2c1-c1cc3c(n[nH]c3cn1)-c1cnc(N3CCOCC3)c(c1)OCCCO2. The first kappa shape index (κ1) is 19.9. The minimum absolute atomic E-state index is 0.339. The molecule has 0 unspecified atom stereocenters. The number of fused-ring (bicyclic) bond motifs is 6. The van der Waals surface area contributed by atoms with E-state index in [1.54, 1.807) is 24.5 Å². The second-order valence-corrected chi connectivity index (χ2v) is 8.00. The molecule has 9 heteroatoms. The minimum Gasteiger partial charge on any atom is -0.493 e. The monoisotopic (exact) mass is 447 g/mol. The van der Waals surface area contributed by atoms with E-state index in [1.165, 1.54) is 6.07 Å². The van der Waals surface area contributed by atoms with Crippen LogP contribution < -0.4 is 14.4 Å². The Morgan fingerprint density at radius 1 is 0.939 bits per heavy atom. The van der Waals surface area contributed by atoms with Gasteiger partial charge in [-0.2, -0.15) is 5.10 Å². The van der Waals surface area contributed by atoms with Crippen molar-refractivity contribution >= 4 is 16.7 Å². The van der Waals surface area contributed by atoms with Crippen LogP contribution in [-0.2, 0) is 4.74 Å². The summed E-state index contributed by atoms with van der Waals surface area (Å²) in [5.41, 5.74) is 3.10. The largest absolute Gasteiger partial charge is 0.493 e. The number of pyridine rings is 2. The highest BCUT2D eigenvalue weighted by Gasteiger charge is 2.21. The maximum absolute atomic E-state index is 14.8. The number of hydrogen-bond acceptors (Lipinski definition) is 7. The van der Waals surface area contributed by atoms with Crippen LogP contribution in [0.5, 0.6) is 11.5 Å². The van der Waals surface area contributed by atoms with Crippen molar-refractivity contribution in [3.63, 3.8) is 0 Å². The van der Waals surface area contributed by atoms with Crippen molar-refractivity contribution in [1.29, 1.82) is 0 Å². The molecule has 0 atom stereocenters. The van der Waals surface area contributed by atoms with Crippen LogP contribution in [0.1, 0.15) is 6.42 Å². The summed E-state index contributed by atoms with van der Waals surface area (Å²) in [6, 6.07) is 8.62. The number of morpholine rings is 1. The van der Waals surface area contributed by atoms with Crippen LogP contribution in [0.25, 0.3) is 33.4 Å². The summed E-state index contributed by atoms with van der Waals surface area (Å²) in [7, 11) is 0. The summed E-state index contributed by atoms with van der Waals surface area (Å²) >= 11 is 0. The van der Waals surface area contributed by atoms with Crippen molar-refractivity contribution in [2.45, 2.75) is 6.42 Å². The fraction of sp³-hybridized carbons (Fsp3) is 0.292. The number of ether oxygens (including phenoxy) is 3. The lowest BCUT2D eigenvalue weighted by molar-refractivity contribution is 0.122. The van der Waals surface area contributed by atoms with Gasteiger partial charge in [-0.15, -0.1) is 0 Å². The molecule has 3 aromatic heterocycles. The summed E-state index contributed by atoms with van der Waals surface area (Å²) in [6.07, 6.45) is 4.09. The summed E-state index contributed by atoms with van der Waals surface area (Å²) in [6.45, 7) is 3.66. The molecule has 1 aromatic carbocycles. The van der Waals surface area contributed by atoms with Crippen molar-refractivity contribution < 1.29 is 18.6 Å². The standard InChI is InChI=1S/C24H22FN5O3/c25-17-3-1-4-20-22(17)18-12-16-19(14-26-18)28-29-23(16)15-11-21(33-8-2-7-32-20)24(27-13-15)30-5-9-31-10-6-30/h1,3-4,11-14H,2,5-10H2,(H,28,29). The lowest BCUT2D eigenvalue weighted by Gasteiger charge is -2.29. The van der Waals surface area contributed by atoms with E-state index in [2.05, 4.69) is 20.1 Å². The number of H-pyrrole nitrogens is 1. The first-order valence-corrected chi connectivity index (χ1v) is 11.0. The molecule has 0 saturated carbocycles. The predicted molar refractivity (Wildman–Crippen MR) is 121 cm³/mol. The fourth-order valence-corrected chi connectivity index (χ4v) is 4.26. The number of aromatic nitrogens is 4. The Balaban J connectivity index is 1.51. The fourth-order valence-electron chi connectivity index (χ4n) is 4.26. The van der Waals surface area contributed by atoms with E-state index in [0.29, 0.717) is 61.3 Å². The van der Waals surface area contributed by atoms with Gasteiger partial charge in [0.15, 0.2) is 11.6 Å². The Morgan fingerprint density at radius 2 is 1.79 bits per heavy atom. The van der Waals surface area contributed by atoms with Gasteiger partial charge in [-0.3, -0.25) is 10.1 Å². The smallest absolute Gasteiger partial charge is 0.171 e. The molecule has 4 bridgehead atoms. The van der Waals surface area contributed by atoms with E-state index < -0.39 is 0 Å². The Bertz CT molecular complexity index is 1320. The first-order valence-electron chi connectivity index (χ1n) is 11.0. The molecule has 4 aromatic rings. The van der Waals surface area contributed by atoms with Crippen LogP contribution in [0, 0.1) is 5.82 Å². The maximum atomic E-state index is 14.8. The average molecular weight is 447 g/mol. The first-order chi connectivity index (χ1) is 16.3. The molecule has 33 heavy (non-hydrogen) atoms. The van der Waals surface area contributed by atoms with Gasteiger partial charge in [0, 0.05) is 36.7 Å². The van der Waals surface area contributed by atoms with Crippen LogP contribution in [0.3, 0.4) is 0 Å². The lowest BCUT2D eigenvalue weighted by atomic mass is 10.1. The molecule has 168 valence electrons. The molecule has 6 rings (SSSR count). The van der Waals surface area contributed by atoms with Crippen LogP contribution in [-0.4, -0.2) is 59.7 Å². The van der Waals surface area contributed by atoms with Gasteiger partial charge in [0.25, 0.3) is 0 Å². The highest BCUT2D eigenvalue weighted by atomic mass is 19.1. The second kappa shape index (κ2) is 8.32. The Kier molecular flexibility index (Phi) is 5.03. The number of nitrogens with zero attached hydrogens (tertiary/aromatic N) is 4. The molecular formula is C24H22FN5O3. The summed E-state index contributed by atoms with van der Waals surface area (Å²) in [5.74, 6) is 1.57. The van der Waals surface area contributed by atoms with Gasteiger partial charge in [-0.25, -0.2) is 9.37 Å². The zero-order valence-corrected chi connectivity index (χ0v) is 17.9. The quantitative estimate of drug-likeness (QED) is 0.475. The van der Waals surface area contributed by atoms with Gasteiger partial charge >= 0.3 is 0 Å². The van der Waals surface area contributed by atoms with Gasteiger partial charge in [-0.05, 0) is 24.3 Å². The van der Waals surface area contributed by atoms with E-state index in [1.807, 2.05) is 12.1 Å². The lowest BCUT2D eigenvalue weighted by Crippen LogP contribution is -2.37. The van der Waals surface area contributed by atoms with Crippen LogP contribution in [0.15, 0.2) is 42.7 Å². The van der Waals surface area contributed by atoms with Gasteiger partial charge in [0.2, 0.25) is 0 Å². The summed E-state index contributed by atoms with van der Waals surface area (Å²) < 4.78 is 32.4. The average Bonchev–Trinajstić information content (AvgIpc) is 3.27. The molecule has 0 aliphatic carbocycles. The van der Waals surface area contributed by atoms with Crippen molar-refractivity contribution in [2.24, 2.45) is 0 Å². The molecule has 5 heterocycles. The maximum Gasteiger partial charge on any atom is 0.171 e. The number of rotatable bonds is 1. The number of anilines is 1. The molecule has 0 radical (unpaired) electrons. The van der Waals surface area contributed by atoms with E-state index in [-0.39, 0.29) is 5.82 Å². The Hall–Kier alpha value is -3.72. The van der Waals surface area contributed by atoms with Crippen molar-refractivity contribution in [3.05, 3.63) is 48.5 Å². The number of benzene rings is 1. The third-order valence-electron chi connectivity index (χ3n) is 5.90. The summed E-state index contributed by atoms with van der Waals surface area (Å²) in [5, 5.41) is 8.34. The van der Waals surface area contributed by atoms with Crippen molar-refractivity contribution in [3.8, 4) is 34.0 Å². The van der Waals surface area contributed by atoms with Crippen LogP contribution >= 0.6 is 0 Å². The molecule has 0 spiro atoms. The van der Waals surface area contributed by atoms with Crippen molar-refractivity contribution in [1.82, 2.24) is 20.2 Å². The zero-order valence-electron chi connectivity index (χ0n) is 17.9. The Morgan fingerprint density at radius 3 is 2.67 bits per heavy atom. The molecule has 1 saturated heterocycles. The third-order valence-corrected chi connectivity index (χ3v) is 5.90. The normalized spacial score (nSPS) is 16.1. The van der Waals surface area contributed by atoms with Gasteiger partial charge in [0.1, 0.15) is 17.3 Å². The zero-order chi connectivity index (χ0) is 22.2. The van der Waals surface area contributed by atoms with E-state index in [4.69, 9.17) is 19.2 Å². The van der Waals surface area contributed by atoms with Crippen LogP contribution in [0.2, 0.25) is 0 Å². The third kappa shape index (κ3) is 3.64. The molecule has 8 nitrogen and oxygen atoms in total. The van der Waals surface area contributed by atoms with Gasteiger partial charge < -0.3 is 19.1 Å². The molecular weight excluding hydrogens is 425 g/mol.